The van der Waals surface area contributed by atoms with Gasteiger partial charge in [-0.05, 0) is 37.5 Å². The highest BCUT2D eigenvalue weighted by Gasteiger charge is 2.32. The van der Waals surface area contributed by atoms with Crippen LogP contribution in [0.1, 0.15) is 44.2 Å². The van der Waals surface area contributed by atoms with Crippen molar-refractivity contribution < 1.29 is 22.4 Å². The summed E-state index contributed by atoms with van der Waals surface area (Å²) in [7, 11) is 0. The number of nitrogens with zero attached hydrogens (tertiary/aromatic N) is 6. The number of amides is 1. The largest absolute Gasteiger partial charge is 0.389 e. The highest BCUT2D eigenvalue weighted by molar-refractivity contribution is 5.87. The summed E-state index contributed by atoms with van der Waals surface area (Å²) in [5, 5.41) is 7.40. The van der Waals surface area contributed by atoms with Gasteiger partial charge in [0.05, 0.1) is 29.7 Å². The molecule has 0 bridgehead atoms. The SMILES string of the molecule is CC(=O)N1CC[C@H](Nc2nc(N)c3c(-c4ccc5c(n4)C(CCC(F)(F)F)CC=N5)ccn3n2)[C@H](F)C1. The molecule has 13 heteroatoms. The van der Waals surface area contributed by atoms with Crippen molar-refractivity contribution in [3.8, 4) is 11.3 Å². The number of anilines is 2. The number of rotatable bonds is 5. The normalized spacial score (nSPS) is 21.8. The topological polar surface area (TPSA) is 114 Å². The number of aliphatic imine (C=N–C) groups is 1. The first kappa shape index (κ1) is 24.9. The second-order valence-corrected chi connectivity index (χ2v) is 9.36. The number of alkyl halides is 4. The number of nitrogens with one attached hydrogen (secondary N) is 1. The third kappa shape index (κ3) is 5.20. The Morgan fingerprint density at radius 1 is 1.24 bits per heavy atom. The lowest BCUT2D eigenvalue weighted by Gasteiger charge is -2.34. The van der Waals surface area contributed by atoms with Crippen molar-refractivity contribution in [2.24, 2.45) is 4.99 Å². The van der Waals surface area contributed by atoms with E-state index in [4.69, 9.17) is 5.73 Å². The molecule has 0 aliphatic carbocycles. The van der Waals surface area contributed by atoms with Crippen LogP contribution in [0.15, 0.2) is 29.4 Å². The summed E-state index contributed by atoms with van der Waals surface area (Å²) in [6.45, 7) is 1.84. The van der Waals surface area contributed by atoms with Crippen LogP contribution in [0.4, 0.5) is 35.0 Å². The zero-order chi connectivity index (χ0) is 26.3. The number of hydrogen-bond donors (Lipinski definition) is 2. The first-order valence-corrected chi connectivity index (χ1v) is 12.0. The zero-order valence-corrected chi connectivity index (χ0v) is 20.0. The Labute approximate surface area is 209 Å². The van der Waals surface area contributed by atoms with Crippen molar-refractivity contribution in [1.29, 1.82) is 0 Å². The van der Waals surface area contributed by atoms with Gasteiger partial charge in [0.1, 0.15) is 11.7 Å². The summed E-state index contributed by atoms with van der Waals surface area (Å²) < 4.78 is 54.7. The number of aromatic nitrogens is 4. The van der Waals surface area contributed by atoms with Crippen LogP contribution in [0.3, 0.4) is 0 Å². The fraction of sp³-hybridized carbons (Fsp3) is 0.458. The van der Waals surface area contributed by atoms with Gasteiger partial charge < -0.3 is 16.0 Å². The lowest BCUT2D eigenvalue weighted by Crippen LogP contribution is -2.49. The molecular weight excluding hydrogens is 492 g/mol. The molecule has 0 spiro atoms. The molecule has 37 heavy (non-hydrogen) atoms. The summed E-state index contributed by atoms with van der Waals surface area (Å²) in [6, 6.07) is 4.65. The molecule has 0 radical (unpaired) electrons. The second kappa shape index (κ2) is 9.60. The number of fused-ring (bicyclic) bond motifs is 2. The molecule has 1 amide bonds. The lowest BCUT2D eigenvalue weighted by atomic mass is 9.92. The maximum absolute atomic E-state index is 14.6. The number of nitrogen functional groups attached to an aromatic ring is 1. The minimum atomic E-state index is -4.24. The minimum Gasteiger partial charge on any atom is -0.382 e. The highest BCUT2D eigenvalue weighted by atomic mass is 19.4. The number of nitrogens with two attached hydrogens (primary N) is 1. The molecule has 0 aromatic carbocycles. The molecule has 1 fully saturated rings. The smallest absolute Gasteiger partial charge is 0.382 e. The van der Waals surface area contributed by atoms with E-state index in [2.05, 4.69) is 25.4 Å². The summed E-state index contributed by atoms with van der Waals surface area (Å²) in [5.41, 5.74) is 8.96. The van der Waals surface area contributed by atoms with Gasteiger partial charge in [0, 0.05) is 43.8 Å². The molecule has 5 heterocycles. The van der Waals surface area contributed by atoms with Crippen LogP contribution >= 0.6 is 0 Å². The summed E-state index contributed by atoms with van der Waals surface area (Å²) >= 11 is 0. The molecule has 1 unspecified atom stereocenters. The van der Waals surface area contributed by atoms with Gasteiger partial charge in [-0.3, -0.25) is 14.8 Å². The Morgan fingerprint density at radius 2 is 2.05 bits per heavy atom. The van der Waals surface area contributed by atoms with E-state index in [1.807, 2.05) is 0 Å². The number of likely N-dealkylation sites (tertiary alicyclic amines) is 1. The summed E-state index contributed by atoms with van der Waals surface area (Å²) in [5.74, 6) is -0.274. The quantitative estimate of drug-likeness (QED) is 0.488. The van der Waals surface area contributed by atoms with Gasteiger partial charge >= 0.3 is 6.18 Å². The predicted octanol–water partition coefficient (Wildman–Crippen LogP) is 4.28. The average molecular weight is 519 g/mol. The summed E-state index contributed by atoms with van der Waals surface area (Å²) in [6.07, 6.45) is -2.41. The molecule has 2 aliphatic rings. The first-order chi connectivity index (χ1) is 17.6. The van der Waals surface area contributed by atoms with E-state index in [-0.39, 0.29) is 30.6 Å². The number of hydrogen-bond acceptors (Lipinski definition) is 7. The maximum Gasteiger partial charge on any atom is 0.389 e. The number of carbonyl (C=O) groups excluding carboxylic acids is 1. The molecule has 3 atom stereocenters. The van der Waals surface area contributed by atoms with Gasteiger partial charge in [-0.25, -0.2) is 8.91 Å². The van der Waals surface area contributed by atoms with E-state index in [0.717, 1.165) is 0 Å². The first-order valence-electron chi connectivity index (χ1n) is 12.0. The van der Waals surface area contributed by atoms with Gasteiger partial charge in [-0.1, -0.05) is 0 Å². The number of pyridine rings is 1. The Bertz CT molecular complexity index is 1350. The number of piperidine rings is 1. The van der Waals surface area contributed by atoms with E-state index in [0.29, 0.717) is 47.5 Å². The van der Waals surface area contributed by atoms with Gasteiger partial charge in [0.2, 0.25) is 11.9 Å². The fourth-order valence-electron chi connectivity index (χ4n) is 4.85. The molecular formula is C24H26F4N8O. The zero-order valence-electron chi connectivity index (χ0n) is 20.0. The number of halogens is 4. The van der Waals surface area contributed by atoms with Crippen LogP contribution in [-0.4, -0.2) is 68.1 Å². The molecule has 3 N–H and O–H groups in total. The minimum absolute atomic E-state index is 0.00357. The van der Waals surface area contributed by atoms with E-state index in [1.54, 1.807) is 30.6 Å². The van der Waals surface area contributed by atoms with Gasteiger partial charge in [-0.2, -0.15) is 18.2 Å². The highest BCUT2D eigenvalue weighted by Crippen LogP contribution is 2.39. The summed E-state index contributed by atoms with van der Waals surface area (Å²) in [4.78, 5) is 26.3. The Morgan fingerprint density at radius 3 is 2.78 bits per heavy atom. The Kier molecular flexibility index (Phi) is 6.46. The third-order valence-electron chi connectivity index (χ3n) is 6.80. The number of carbonyl (C=O) groups is 1. The van der Waals surface area contributed by atoms with Crippen LogP contribution in [0.25, 0.3) is 16.8 Å². The molecule has 0 saturated carbocycles. The van der Waals surface area contributed by atoms with Crippen LogP contribution in [-0.2, 0) is 4.79 Å². The van der Waals surface area contributed by atoms with Crippen molar-refractivity contribution in [3.63, 3.8) is 0 Å². The molecule has 3 aromatic rings. The van der Waals surface area contributed by atoms with Gasteiger partial charge in [0.15, 0.2) is 5.82 Å². The fourth-order valence-corrected chi connectivity index (χ4v) is 4.85. The Hall–Kier alpha value is -3.77. The van der Waals surface area contributed by atoms with E-state index < -0.39 is 30.7 Å². The van der Waals surface area contributed by atoms with Crippen LogP contribution in [0.2, 0.25) is 0 Å². The van der Waals surface area contributed by atoms with E-state index in [1.165, 1.54) is 16.3 Å². The molecule has 196 valence electrons. The standard InChI is InChI=1S/C24H26F4N8O/c1-13(37)35-10-7-18(16(25)12-35)32-23-33-22(29)21-15(6-11-36(21)34-23)17-2-3-19-20(31-17)14(5-9-30-19)4-8-24(26,27)28/h2-3,6,9,11,14,16,18H,4-5,7-8,10,12H2,1H3,(H3,29,32,33,34)/t14?,16-,18+/m1/s1. The van der Waals surface area contributed by atoms with Crippen LogP contribution < -0.4 is 11.1 Å². The maximum atomic E-state index is 14.6. The van der Waals surface area contributed by atoms with Crippen LogP contribution in [0.5, 0.6) is 0 Å². The van der Waals surface area contributed by atoms with Gasteiger partial charge in [0.25, 0.3) is 0 Å². The van der Waals surface area contributed by atoms with Crippen molar-refractivity contribution in [2.45, 2.75) is 56.9 Å². The molecule has 2 aliphatic heterocycles. The van der Waals surface area contributed by atoms with E-state index >= 15 is 0 Å². The third-order valence-corrected chi connectivity index (χ3v) is 6.80. The monoisotopic (exact) mass is 518 g/mol. The van der Waals surface area contributed by atoms with Crippen molar-refractivity contribution in [1.82, 2.24) is 24.5 Å². The lowest BCUT2D eigenvalue weighted by molar-refractivity contribution is -0.136. The molecule has 9 nitrogen and oxygen atoms in total. The van der Waals surface area contributed by atoms with Gasteiger partial charge in [-0.15, -0.1) is 5.10 Å². The predicted molar refractivity (Wildman–Crippen MR) is 131 cm³/mol. The Balaban J connectivity index is 1.40. The molecule has 3 aromatic heterocycles. The van der Waals surface area contributed by atoms with Crippen LogP contribution in [0, 0.1) is 0 Å². The van der Waals surface area contributed by atoms with Crippen molar-refractivity contribution in [3.05, 3.63) is 30.1 Å². The molecule has 1 saturated heterocycles. The average Bonchev–Trinajstić information content (AvgIpc) is 3.27. The second-order valence-electron chi connectivity index (χ2n) is 9.36. The van der Waals surface area contributed by atoms with E-state index in [9.17, 15) is 22.4 Å². The van der Waals surface area contributed by atoms with Crippen molar-refractivity contribution >= 4 is 35.1 Å². The van der Waals surface area contributed by atoms with Crippen molar-refractivity contribution in [2.75, 3.05) is 24.1 Å². The molecule has 5 rings (SSSR count).